The van der Waals surface area contributed by atoms with Gasteiger partial charge in [-0.1, -0.05) is 32.8 Å². The normalized spacial score (nSPS) is 16.6. The van der Waals surface area contributed by atoms with Crippen LogP contribution in [-0.2, 0) is 10.2 Å². The SMILES string of the molecule is COc1cccc(C#CC(=O)NC2CCN(c3nc(C(C)(C)C)cs3)C2)c1. The number of methoxy groups -OCH3 is 1. The average Bonchev–Trinajstić information content (AvgIpc) is 3.29. The summed E-state index contributed by atoms with van der Waals surface area (Å²) in [6.45, 7) is 8.16. The molecule has 0 spiro atoms. The molecular formula is C21H25N3O2S. The molecule has 1 aliphatic rings. The third-order valence-corrected chi connectivity index (χ3v) is 5.35. The molecule has 0 aliphatic carbocycles. The van der Waals surface area contributed by atoms with E-state index in [9.17, 15) is 4.79 Å². The highest BCUT2D eigenvalue weighted by molar-refractivity contribution is 7.13. The summed E-state index contributed by atoms with van der Waals surface area (Å²) in [7, 11) is 1.61. The number of aromatic nitrogens is 1. The summed E-state index contributed by atoms with van der Waals surface area (Å²) in [5, 5.41) is 6.16. The van der Waals surface area contributed by atoms with Gasteiger partial charge in [-0.25, -0.2) is 4.98 Å². The van der Waals surface area contributed by atoms with Crippen LogP contribution in [0.1, 0.15) is 38.4 Å². The van der Waals surface area contributed by atoms with Crippen molar-refractivity contribution in [2.24, 2.45) is 0 Å². The summed E-state index contributed by atoms with van der Waals surface area (Å²) in [4.78, 5) is 19.2. The van der Waals surface area contributed by atoms with Crippen molar-refractivity contribution in [2.75, 3.05) is 25.1 Å². The molecule has 1 N–H and O–H groups in total. The molecule has 6 heteroatoms. The summed E-state index contributed by atoms with van der Waals surface area (Å²) in [5.41, 5.74) is 1.92. The molecule has 1 aliphatic heterocycles. The molecule has 27 heavy (non-hydrogen) atoms. The van der Waals surface area contributed by atoms with Crippen molar-refractivity contribution < 1.29 is 9.53 Å². The zero-order valence-corrected chi connectivity index (χ0v) is 17.0. The summed E-state index contributed by atoms with van der Waals surface area (Å²) < 4.78 is 5.17. The molecule has 142 valence electrons. The first-order valence-electron chi connectivity index (χ1n) is 9.02. The van der Waals surface area contributed by atoms with Gasteiger partial charge in [0.1, 0.15) is 5.75 Å². The molecule has 1 unspecified atom stereocenters. The van der Waals surface area contributed by atoms with Crippen LogP contribution in [0.4, 0.5) is 5.13 Å². The van der Waals surface area contributed by atoms with Crippen molar-refractivity contribution >= 4 is 22.4 Å². The van der Waals surface area contributed by atoms with Gasteiger partial charge < -0.3 is 15.0 Å². The Hall–Kier alpha value is -2.52. The predicted octanol–water partition coefficient (Wildman–Crippen LogP) is 3.20. The summed E-state index contributed by atoms with van der Waals surface area (Å²) >= 11 is 1.67. The van der Waals surface area contributed by atoms with Crippen LogP contribution in [0.25, 0.3) is 0 Å². The number of anilines is 1. The van der Waals surface area contributed by atoms with Crippen molar-refractivity contribution in [1.82, 2.24) is 10.3 Å². The minimum absolute atomic E-state index is 0.0534. The second kappa shape index (κ2) is 8.01. The Morgan fingerprint density at radius 1 is 1.41 bits per heavy atom. The van der Waals surface area contributed by atoms with Crippen molar-refractivity contribution in [1.29, 1.82) is 0 Å². The lowest BCUT2D eigenvalue weighted by atomic mass is 9.93. The number of thiazole rings is 1. The van der Waals surface area contributed by atoms with E-state index in [1.54, 1.807) is 18.4 Å². The predicted molar refractivity (Wildman–Crippen MR) is 109 cm³/mol. The van der Waals surface area contributed by atoms with E-state index in [1.165, 1.54) is 0 Å². The number of benzene rings is 1. The van der Waals surface area contributed by atoms with Crippen molar-refractivity contribution in [2.45, 2.75) is 38.6 Å². The molecule has 3 rings (SSSR count). The number of carbonyl (C=O) groups excluding carboxylic acids is 1. The number of ether oxygens (including phenoxy) is 1. The summed E-state index contributed by atoms with van der Waals surface area (Å²) in [6.07, 6.45) is 0.900. The van der Waals surface area contributed by atoms with Gasteiger partial charge in [0.25, 0.3) is 5.91 Å². The zero-order chi connectivity index (χ0) is 19.4. The average molecular weight is 384 g/mol. The van der Waals surface area contributed by atoms with E-state index in [0.717, 1.165) is 41.6 Å². The van der Waals surface area contributed by atoms with Crippen LogP contribution in [0, 0.1) is 11.8 Å². The molecule has 1 aromatic heterocycles. The maximum absolute atomic E-state index is 12.2. The van der Waals surface area contributed by atoms with E-state index in [-0.39, 0.29) is 17.4 Å². The van der Waals surface area contributed by atoms with Crippen LogP contribution < -0.4 is 15.0 Å². The van der Waals surface area contributed by atoms with E-state index in [2.05, 4.69) is 48.2 Å². The number of amides is 1. The van der Waals surface area contributed by atoms with Crippen molar-refractivity contribution in [3.05, 3.63) is 40.9 Å². The molecule has 1 aromatic carbocycles. The van der Waals surface area contributed by atoms with Crippen LogP contribution in [0.2, 0.25) is 0 Å². The monoisotopic (exact) mass is 383 g/mol. The summed E-state index contributed by atoms with van der Waals surface area (Å²) in [5.74, 6) is 6.04. The lowest BCUT2D eigenvalue weighted by Gasteiger charge is -2.17. The van der Waals surface area contributed by atoms with Gasteiger partial charge >= 0.3 is 0 Å². The molecule has 0 bridgehead atoms. The first-order chi connectivity index (χ1) is 12.8. The van der Waals surface area contributed by atoms with Crippen LogP contribution >= 0.6 is 11.3 Å². The number of nitrogens with one attached hydrogen (secondary N) is 1. The minimum Gasteiger partial charge on any atom is -0.497 e. The smallest absolute Gasteiger partial charge is 0.296 e. The van der Waals surface area contributed by atoms with Crippen LogP contribution in [-0.4, -0.2) is 37.1 Å². The topological polar surface area (TPSA) is 54.5 Å². The third kappa shape index (κ3) is 5.01. The van der Waals surface area contributed by atoms with Crippen molar-refractivity contribution in [3.63, 3.8) is 0 Å². The maximum Gasteiger partial charge on any atom is 0.296 e. The molecule has 2 heterocycles. The number of carbonyl (C=O) groups is 1. The Kier molecular flexibility index (Phi) is 5.71. The van der Waals surface area contributed by atoms with Crippen molar-refractivity contribution in [3.8, 4) is 17.6 Å². The van der Waals surface area contributed by atoms with Crippen LogP contribution in [0.5, 0.6) is 5.75 Å². The van der Waals surface area contributed by atoms with Gasteiger partial charge in [-0.15, -0.1) is 11.3 Å². The zero-order valence-electron chi connectivity index (χ0n) is 16.2. The second-order valence-electron chi connectivity index (χ2n) is 7.65. The maximum atomic E-state index is 12.2. The van der Waals surface area contributed by atoms with Gasteiger partial charge in [-0.2, -0.15) is 0 Å². The van der Waals surface area contributed by atoms with E-state index in [4.69, 9.17) is 9.72 Å². The molecule has 0 radical (unpaired) electrons. The standard InChI is InChI=1S/C21H25N3O2S/c1-21(2,3)18-14-27-20(23-18)24-11-10-16(13-24)22-19(25)9-8-15-6-5-7-17(12-15)26-4/h5-7,12,14,16H,10-11,13H2,1-4H3,(H,22,25). The first-order valence-corrected chi connectivity index (χ1v) is 9.90. The van der Waals surface area contributed by atoms with E-state index in [1.807, 2.05) is 24.3 Å². The highest BCUT2D eigenvalue weighted by atomic mass is 32.1. The van der Waals surface area contributed by atoms with Gasteiger partial charge in [0.15, 0.2) is 5.13 Å². The molecule has 1 saturated heterocycles. The van der Waals surface area contributed by atoms with E-state index in [0.29, 0.717) is 0 Å². The fourth-order valence-electron chi connectivity index (χ4n) is 2.86. The lowest BCUT2D eigenvalue weighted by Crippen LogP contribution is -2.36. The van der Waals surface area contributed by atoms with E-state index < -0.39 is 0 Å². The summed E-state index contributed by atoms with van der Waals surface area (Å²) in [6, 6.07) is 7.47. The van der Waals surface area contributed by atoms with E-state index >= 15 is 0 Å². The number of rotatable bonds is 3. The first kappa shape index (κ1) is 19.2. The molecule has 1 atom stereocenters. The largest absolute Gasteiger partial charge is 0.497 e. The molecule has 1 fully saturated rings. The third-order valence-electron chi connectivity index (χ3n) is 4.44. The number of hydrogen-bond acceptors (Lipinski definition) is 5. The van der Waals surface area contributed by atoms with Gasteiger partial charge in [0.2, 0.25) is 0 Å². The van der Waals surface area contributed by atoms with Gasteiger partial charge in [-0.05, 0) is 24.6 Å². The van der Waals surface area contributed by atoms with Crippen LogP contribution in [0.15, 0.2) is 29.6 Å². The Morgan fingerprint density at radius 2 is 2.22 bits per heavy atom. The second-order valence-corrected chi connectivity index (χ2v) is 8.49. The number of nitrogens with zero attached hydrogens (tertiary/aromatic N) is 2. The van der Waals surface area contributed by atoms with Gasteiger partial charge in [-0.3, -0.25) is 4.79 Å². The highest BCUT2D eigenvalue weighted by Crippen LogP contribution is 2.30. The Bertz CT molecular complexity index is 873. The van der Waals surface area contributed by atoms with Gasteiger partial charge in [0.05, 0.1) is 12.8 Å². The Morgan fingerprint density at radius 3 is 2.93 bits per heavy atom. The number of hydrogen-bond donors (Lipinski definition) is 1. The highest BCUT2D eigenvalue weighted by Gasteiger charge is 2.27. The molecule has 1 amide bonds. The Labute approximate surface area is 164 Å². The van der Waals surface area contributed by atoms with Crippen LogP contribution in [0.3, 0.4) is 0 Å². The molecule has 5 nitrogen and oxygen atoms in total. The minimum atomic E-state index is -0.251. The Balaban J connectivity index is 1.56. The quantitative estimate of drug-likeness (QED) is 0.827. The molecule has 2 aromatic rings. The fourth-order valence-corrected chi connectivity index (χ4v) is 3.95. The fraction of sp³-hybridized carbons (Fsp3) is 0.429. The molecule has 0 saturated carbocycles. The molecular weight excluding hydrogens is 358 g/mol. The van der Waals surface area contributed by atoms with Gasteiger partial charge in [0, 0.05) is 41.4 Å². The lowest BCUT2D eigenvalue weighted by molar-refractivity contribution is -0.116.